The molecule has 7 heteroatoms. The molecule has 0 aliphatic carbocycles. The second-order valence-corrected chi connectivity index (χ2v) is 6.89. The van der Waals surface area contributed by atoms with E-state index in [-0.39, 0.29) is 12.0 Å². The first kappa shape index (κ1) is 20.4. The lowest BCUT2D eigenvalue weighted by Gasteiger charge is -2.23. The number of ether oxygens (including phenoxy) is 2. The van der Waals surface area contributed by atoms with Gasteiger partial charge in [-0.2, -0.15) is 0 Å². The minimum atomic E-state index is -0.592. The van der Waals surface area contributed by atoms with Crippen molar-refractivity contribution in [2.75, 3.05) is 13.2 Å². The van der Waals surface area contributed by atoms with Gasteiger partial charge >= 0.3 is 12.1 Å². The van der Waals surface area contributed by atoms with Crippen molar-refractivity contribution in [3.05, 3.63) is 12.2 Å². The minimum Gasteiger partial charge on any atom is -0.463 e. The van der Waals surface area contributed by atoms with Crippen molar-refractivity contribution in [1.29, 1.82) is 0 Å². The zero-order valence-corrected chi connectivity index (χ0v) is 15.0. The fraction of sp³-hybridized carbons (Fsp3) is 0.765. The van der Waals surface area contributed by atoms with E-state index in [1.807, 2.05) is 0 Å². The van der Waals surface area contributed by atoms with Crippen LogP contribution in [0.1, 0.15) is 47.0 Å². The average Bonchev–Trinajstić information content (AvgIpc) is 2.85. The molecule has 1 heterocycles. The van der Waals surface area contributed by atoms with Crippen molar-refractivity contribution in [3.63, 3.8) is 0 Å². The van der Waals surface area contributed by atoms with Crippen LogP contribution >= 0.6 is 0 Å². The van der Waals surface area contributed by atoms with Gasteiger partial charge in [0.1, 0.15) is 11.8 Å². The van der Waals surface area contributed by atoms with E-state index in [1.54, 1.807) is 33.8 Å². The Labute approximate surface area is 143 Å². The van der Waals surface area contributed by atoms with Gasteiger partial charge in [0.05, 0.1) is 12.6 Å². The topological polar surface area (TPSA) is 96.9 Å². The number of esters is 1. The molecular weight excluding hydrogens is 312 g/mol. The molecule has 0 bridgehead atoms. The first-order chi connectivity index (χ1) is 11.2. The summed E-state index contributed by atoms with van der Waals surface area (Å²) in [5.74, 6) is -0.306. The summed E-state index contributed by atoms with van der Waals surface area (Å²) in [6.07, 6.45) is 4.08. The van der Waals surface area contributed by atoms with Gasteiger partial charge in [0.2, 0.25) is 0 Å². The number of carbonyl (C=O) groups is 2. The van der Waals surface area contributed by atoms with Crippen molar-refractivity contribution in [2.45, 2.75) is 64.8 Å². The van der Waals surface area contributed by atoms with Gasteiger partial charge in [0, 0.05) is 6.08 Å². The zero-order chi connectivity index (χ0) is 18.2. The van der Waals surface area contributed by atoms with Crippen LogP contribution in [0.2, 0.25) is 0 Å². The van der Waals surface area contributed by atoms with E-state index in [4.69, 9.17) is 9.47 Å². The number of hydrogen-bond donors (Lipinski definition) is 3. The van der Waals surface area contributed by atoms with Crippen LogP contribution in [0.5, 0.6) is 0 Å². The predicted molar refractivity (Wildman–Crippen MR) is 90.3 cm³/mol. The third-order valence-corrected chi connectivity index (χ3v) is 3.62. The third-order valence-electron chi connectivity index (χ3n) is 3.62. The highest BCUT2D eigenvalue weighted by Gasteiger charge is 2.26. The molecule has 3 N–H and O–H groups in total. The van der Waals surface area contributed by atoms with Crippen molar-refractivity contribution >= 4 is 12.1 Å². The van der Waals surface area contributed by atoms with Crippen LogP contribution in [0.4, 0.5) is 4.79 Å². The van der Waals surface area contributed by atoms with Gasteiger partial charge in [0.15, 0.2) is 0 Å². The van der Waals surface area contributed by atoms with Crippen molar-refractivity contribution in [2.24, 2.45) is 5.92 Å². The molecule has 0 radical (unpaired) electrons. The molecular formula is C17H30N2O5. The molecule has 1 unspecified atom stereocenters. The van der Waals surface area contributed by atoms with Crippen LogP contribution in [0.15, 0.2) is 12.2 Å². The van der Waals surface area contributed by atoms with E-state index in [1.165, 1.54) is 6.08 Å². The maximum absolute atomic E-state index is 12.0. The molecule has 138 valence electrons. The number of alkyl carbamates (subject to hydrolysis) is 1. The molecule has 1 saturated heterocycles. The van der Waals surface area contributed by atoms with Crippen LogP contribution in [0, 0.1) is 5.92 Å². The first-order valence-electron chi connectivity index (χ1n) is 8.47. The van der Waals surface area contributed by atoms with Gasteiger partial charge in [0.25, 0.3) is 0 Å². The highest BCUT2D eigenvalue weighted by atomic mass is 16.6. The lowest BCUT2D eigenvalue weighted by molar-refractivity contribution is -0.137. The molecule has 7 nitrogen and oxygen atoms in total. The summed E-state index contributed by atoms with van der Waals surface area (Å²) in [5, 5.41) is 15.5. The number of rotatable bonds is 7. The molecule has 1 fully saturated rings. The van der Waals surface area contributed by atoms with E-state index >= 15 is 0 Å². The molecule has 0 spiro atoms. The summed E-state index contributed by atoms with van der Waals surface area (Å²) < 4.78 is 10.1. The Morgan fingerprint density at radius 1 is 1.42 bits per heavy atom. The number of aliphatic hydroxyl groups excluding tert-OH is 1. The summed E-state index contributed by atoms with van der Waals surface area (Å²) >= 11 is 0. The molecule has 24 heavy (non-hydrogen) atoms. The monoisotopic (exact) mass is 342 g/mol. The number of amides is 1. The van der Waals surface area contributed by atoms with Crippen LogP contribution in [-0.4, -0.2) is 48.2 Å². The number of nitrogens with one attached hydrogen (secondary N) is 2. The Morgan fingerprint density at radius 3 is 2.67 bits per heavy atom. The maximum atomic E-state index is 12.0. The summed E-state index contributed by atoms with van der Waals surface area (Å²) in [7, 11) is 0. The molecule has 0 aromatic heterocycles. The highest BCUT2D eigenvalue weighted by Crippen LogP contribution is 2.20. The second-order valence-electron chi connectivity index (χ2n) is 6.89. The fourth-order valence-electron chi connectivity index (χ4n) is 2.50. The number of carbonyl (C=O) groups excluding carboxylic acids is 2. The molecule has 0 aromatic carbocycles. The van der Waals surface area contributed by atoms with Gasteiger partial charge in [-0.05, 0) is 59.4 Å². The first-order valence-corrected chi connectivity index (χ1v) is 8.47. The quantitative estimate of drug-likeness (QED) is 0.481. The van der Waals surface area contributed by atoms with Gasteiger partial charge in [-0.15, -0.1) is 0 Å². The fourth-order valence-corrected chi connectivity index (χ4v) is 2.50. The number of aliphatic hydroxyl groups is 1. The lowest BCUT2D eigenvalue weighted by Crippen LogP contribution is -2.39. The third kappa shape index (κ3) is 8.31. The van der Waals surface area contributed by atoms with Crippen LogP contribution in [0.25, 0.3) is 0 Å². The Kier molecular flexibility index (Phi) is 8.21. The Balaban J connectivity index is 2.60. The summed E-state index contributed by atoms with van der Waals surface area (Å²) in [6, 6.07) is -0.364. The predicted octanol–water partition coefficient (Wildman–Crippen LogP) is 1.71. The van der Waals surface area contributed by atoms with E-state index < -0.39 is 23.9 Å². The van der Waals surface area contributed by atoms with Crippen molar-refractivity contribution < 1.29 is 24.2 Å². The van der Waals surface area contributed by atoms with E-state index in [2.05, 4.69) is 10.6 Å². The summed E-state index contributed by atoms with van der Waals surface area (Å²) in [4.78, 5) is 23.4. The lowest BCUT2D eigenvalue weighted by atomic mass is 9.97. The molecule has 0 saturated carbocycles. The normalized spacial score (nSPS) is 22.4. The largest absolute Gasteiger partial charge is 0.463 e. The number of hydrogen-bond acceptors (Lipinski definition) is 6. The van der Waals surface area contributed by atoms with E-state index in [0.29, 0.717) is 13.0 Å². The summed E-state index contributed by atoms with van der Waals surface area (Å²) in [6.45, 7) is 8.18. The van der Waals surface area contributed by atoms with Crippen molar-refractivity contribution in [1.82, 2.24) is 10.6 Å². The Bertz CT molecular complexity index is 445. The smallest absolute Gasteiger partial charge is 0.408 e. The van der Waals surface area contributed by atoms with E-state index in [9.17, 15) is 14.7 Å². The van der Waals surface area contributed by atoms with Crippen molar-refractivity contribution in [3.8, 4) is 0 Å². The molecule has 1 rings (SSSR count). The van der Waals surface area contributed by atoms with Gasteiger partial charge in [-0.1, -0.05) is 6.08 Å². The standard InChI is InChI=1S/C17H30N2O5/c1-5-23-14(20)9-8-13(19-16(22)24-17(2,3)4)7-6-12-10-11-18-15(12)21/h8-9,12-13,15,18,21H,5-7,10-11H2,1-4H3,(H,19,22)/b9-8+/t12-,13+,15?/m1/s1. The highest BCUT2D eigenvalue weighted by molar-refractivity contribution is 5.82. The summed E-state index contributed by atoms with van der Waals surface area (Å²) in [5.41, 5.74) is -0.592. The Morgan fingerprint density at radius 2 is 2.12 bits per heavy atom. The average molecular weight is 342 g/mol. The zero-order valence-electron chi connectivity index (χ0n) is 15.0. The molecule has 1 aliphatic rings. The van der Waals surface area contributed by atoms with Gasteiger partial charge in [-0.3, -0.25) is 5.32 Å². The van der Waals surface area contributed by atoms with Crippen LogP contribution < -0.4 is 10.6 Å². The maximum Gasteiger partial charge on any atom is 0.408 e. The minimum absolute atomic E-state index is 0.143. The second kappa shape index (κ2) is 9.64. The van der Waals surface area contributed by atoms with Crippen LogP contribution in [0.3, 0.4) is 0 Å². The molecule has 3 atom stereocenters. The van der Waals surface area contributed by atoms with Crippen LogP contribution in [-0.2, 0) is 14.3 Å². The Hall–Kier alpha value is -1.60. The molecule has 0 aromatic rings. The molecule has 1 amide bonds. The van der Waals surface area contributed by atoms with Gasteiger partial charge in [-0.25, -0.2) is 9.59 Å². The SMILES string of the molecule is CCOC(=O)/C=C/[C@H](CC[C@@H]1CCNC1O)NC(=O)OC(C)(C)C. The van der Waals surface area contributed by atoms with Gasteiger partial charge < -0.3 is 19.9 Å². The molecule has 1 aliphatic heterocycles. The van der Waals surface area contributed by atoms with E-state index in [0.717, 1.165) is 19.4 Å².